The van der Waals surface area contributed by atoms with Crippen molar-refractivity contribution < 1.29 is 19.8 Å². The minimum absolute atomic E-state index is 0.406. The Morgan fingerprint density at radius 2 is 2.08 bits per heavy atom. The maximum absolute atomic E-state index is 10.7. The normalized spacial score (nSPS) is 11.8. The first-order chi connectivity index (χ1) is 5.61. The van der Waals surface area contributed by atoms with Gasteiger partial charge in [0, 0.05) is 6.54 Å². The van der Waals surface area contributed by atoms with Gasteiger partial charge in [0.15, 0.2) is 6.04 Å². The number of aliphatic hydroxyl groups is 1. The first kappa shape index (κ1) is 10.7. The van der Waals surface area contributed by atoms with Crippen LogP contribution in [0, 0.1) is 0 Å². The monoisotopic (exact) mass is 176 g/mol. The number of urea groups is 1. The fourth-order valence-electron chi connectivity index (χ4n) is 0.555. The number of rotatable bonds is 4. The molecular formula is C6H12N2O4. The summed E-state index contributed by atoms with van der Waals surface area (Å²) in [5, 5.41) is 21.3. The number of nitrogens with one attached hydrogen (secondary N) is 2. The van der Waals surface area contributed by atoms with Crippen molar-refractivity contribution >= 4 is 12.0 Å². The average molecular weight is 176 g/mol. The minimum Gasteiger partial charge on any atom is -0.480 e. The van der Waals surface area contributed by atoms with Crippen LogP contribution in [0.5, 0.6) is 0 Å². The molecule has 2 amide bonds. The maximum atomic E-state index is 10.7. The molecule has 0 aliphatic carbocycles. The summed E-state index contributed by atoms with van der Waals surface area (Å²) in [6.45, 7) is 1.49. The predicted octanol–water partition coefficient (Wildman–Crippen LogP) is -1.25. The topological polar surface area (TPSA) is 98.7 Å². The second-order valence-corrected chi connectivity index (χ2v) is 2.08. The van der Waals surface area contributed by atoms with E-state index in [4.69, 9.17) is 10.2 Å². The van der Waals surface area contributed by atoms with Crippen molar-refractivity contribution in [3.8, 4) is 0 Å². The van der Waals surface area contributed by atoms with Crippen molar-refractivity contribution in [1.82, 2.24) is 10.6 Å². The molecule has 6 heteroatoms. The molecule has 0 aromatic rings. The molecule has 6 nitrogen and oxygen atoms in total. The van der Waals surface area contributed by atoms with E-state index < -0.39 is 24.6 Å². The molecule has 0 fully saturated rings. The Morgan fingerprint density at radius 3 is 2.42 bits per heavy atom. The van der Waals surface area contributed by atoms with E-state index in [0.29, 0.717) is 6.54 Å². The molecule has 4 N–H and O–H groups in total. The van der Waals surface area contributed by atoms with Crippen LogP contribution in [-0.2, 0) is 4.79 Å². The van der Waals surface area contributed by atoms with Crippen LogP contribution in [0.1, 0.15) is 6.92 Å². The molecule has 0 aliphatic rings. The van der Waals surface area contributed by atoms with Gasteiger partial charge in [-0.2, -0.15) is 0 Å². The van der Waals surface area contributed by atoms with Crippen LogP contribution >= 0.6 is 0 Å². The number of carboxylic acid groups (broad SMARTS) is 1. The van der Waals surface area contributed by atoms with Gasteiger partial charge in [0.2, 0.25) is 0 Å². The number of aliphatic carboxylic acids is 1. The third kappa shape index (κ3) is 3.77. The zero-order valence-electron chi connectivity index (χ0n) is 6.70. The lowest BCUT2D eigenvalue weighted by Gasteiger charge is -2.11. The summed E-state index contributed by atoms with van der Waals surface area (Å²) < 4.78 is 0. The van der Waals surface area contributed by atoms with Crippen molar-refractivity contribution in [2.75, 3.05) is 13.2 Å². The SMILES string of the molecule is CCNC(=O)NC(CO)C(=O)O. The Labute approximate surface area is 69.6 Å². The Kier molecular flexibility index (Phi) is 4.78. The van der Waals surface area contributed by atoms with Crippen LogP contribution in [-0.4, -0.2) is 41.4 Å². The fourth-order valence-corrected chi connectivity index (χ4v) is 0.555. The number of carbonyl (C=O) groups excluding carboxylic acids is 1. The van der Waals surface area contributed by atoms with E-state index in [2.05, 4.69) is 10.6 Å². The largest absolute Gasteiger partial charge is 0.480 e. The maximum Gasteiger partial charge on any atom is 0.328 e. The Morgan fingerprint density at radius 1 is 1.50 bits per heavy atom. The van der Waals surface area contributed by atoms with E-state index in [1.807, 2.05) is 0 Å². The zero-order valence-corrected chi connectivity index (χ0v) is 6.70. The molecule has 0 spiro atoms. The molecule has 0 aromatic carbocycles. The first-order valence-electron chi connectivity index (χ1n) is 3.49. The molecule has 0 radical (unpaired) electrons. The van der Waals surface area contributed by atoms with E-state index in [-0.39, 0.29) is 0 Å². The number of amides is 2. The van der Waals surface area contributed by atoms with Crippen molar-refractivity contribution in [3.05, 3.63) is 0 Å². The van der Waals surface area contributed by atoms with Gasteiger partial charge in [-0.05, 0) is 6.92 Å². The van der Waals surface area contributed by atoms with E-state index in [1.54, 1.807) is 6.92 Å². The number of hydrogen-bond donors (Lipinski definition) is 4. The number of carbonyl (C=O) groups is 2. The summed E-state index contributed by atoms with van der Waals surface area (Å²) >= 11 is 0. The molecule has 1 unspecified atom stereocenters. The summed E-state index contributed by atoms with van der Waals surface area (Å²) in [6.07, 6.45) is 0. The Hall–Kier alpha value is -1.30. The van der Waals surface area contributed by atoms with Gasteiger partial charge in [0.1, 0.15) is 0 Å². The highest BCUT2D eigenvalue weighted by molar-refractivity contribution is 5.82. The highest BCUT2D eigenvalue weighted by Crippen LogP contribution is 1.81. The number of aliphatic hydroxyl groups excluding tert-OH is 1. The third-order valence-electron chi connectivity index (χ3n) is 1.12. The van der Waals surface area contributed by atoms with Crippen LogP contribution in [0.4, 0.5) is 4.79 Å². The van der Waals surface area contributed by atoms with Gasteiger partial charge in [0.25, 0.3) is 0 Å². The van der Waals surface area contributed by atoms with Crippen molar-refractivity contribution in [3.63, 3.8) is 0 Å². The van der Waals surface area contributed by atoms with Crippen LogP contribution < -0.4 is 10.6 Å². The summed E-state index contributed by atoms with van der Waals surface area (Å²) in [5.74, 6) is -1.26. The summed E-state index contributed by atoms with van der Waals surface area (Å²) in [6, 6.07) is -1.84. The molecule has 12 heavy (non-hydrogen) atoms. The lowest BCUT2D eigenvalue weighted by molar-refractivity contribution is -0.140. The molecule has 1 atom stereocenters. The molecule has 0 aromatic heterocycles. The van der Waals surface area contributed by atoms with Gasteiger partial charge >= 0.3 is 12.0 Å². The lowest BCUT2D eigenvalue weighted by atomic mass is 10.3. The quantitative estimate of drug-likeness (QED) is 0.430. The zero-order chi connectivity index (χ0) is 9.56. The molecule has 0 rings (SSSR count). The van der Waals surface area contributed by atoms with Crippen LogP contribution in [0.25, 0.3) is 0 Å². The first-order valence-corrected chi connectivity index (χ1v) is 3.49. The van der Waals surface area contributed by atoms with E-state index in [1.165, 1.54) is 0 Å². The highest BCUT2D eigenvalue weighted by Gasteiger charge is 2.17. The predicted molar refractivity (Wildman–Crippen MR) is 40.7 cm³/mol. The van der Waals surface area contributed by atoms with Gasteiger partial charge in [-0.3, -0.25) is 0 Å². The van der Waals surface area contributed by atoms with Crippen molar-refractivity contribution in [2.45, 2.75) is 13.0 Å². The summed E-state index contributed by atoms with van der Waals surface area (Å²) in [7, 11) is 0. The third-order valence-corrected chi connectivity index (χ3v) is 1.12. The Bertz CT molecular complexity index is 171. The van der Waals surface area contributed by atoms with Crippen LogP contribution in [0.15, 0.2) is 0 Å². The van der Waals surface area contributed by atoms with Gasteiger partial charge in [-0.25, -0.2) is 9.59 Å². The smallest absolute Gasteiger partial charge is 0.328 e. The van der Waals surface area contributed by atoms with E-state index in [0.717, 1.165) is 0 Å². The average Bonchev–Trinajstić information content (AvgIpc) is 2.00. The minimum atomic E-state index is -1.26. The van der Waals surface area contributed by atoms with Crippen LogP contribution in [0.3, 0.4) is 0 Å². The van der Waals surface area contributed by atoms with Gasteiger partial charge in [-0.1, -0.05) is 0 Å². The fraction of sp³-hybridized carbons (Fsp3) is 0.667. The summed E-state index contributed by atoms with van der Waals surface area (Å²) in [5.41, 5.74) is 0. The van der Waals surface area contributed by atoms with Gasteiger partial charge in [0.05, 0.1) is 6.61 Å². The number of carboxylic acids is 1. The molecule has 70 valence electrons. The van der Waals surface area contributed by atoms with E-state index in [9.17, 15) is 9.59 Å². The molecule has 0 aliphatic heterocycles. The van der Waals surface area contributed by atoms with Crippen molar-refractivity contribution in [2.24, 2.45) is 0 Å². The standard InChI is InChI=1S/C6H12N2O4/c1-2-7-6(12)8-4(3-9)5(10)11/h4,9H,2-3H2,1H3,(H,10,11)(H2,7,8,12). The molecular weight excluding hydrogens is 164 g/mol. The second kappa shape index (κ2) is 5.36. The molecule has 0 bridgehead atoms. The Balaban J connectivity index is 3.85. The summed E-state index contributed by atoms with van der Waals surface area (Å²) in [4.78, 5) is 21.0. The molecule has 0 saturated heterocycles. The van der Waals surface area contributed by atoms with E-state index >= 15 is 0 Å². The van der Waals surface area contributed by atoms with Crippen LogP contribution in [0.2, 0.25) is 0 Å². The molecule has 0 saturated carbocycles. The van der Waals surface area contributed by atoms with Gasteiger partial charge in [-0.15, -0.1) is 0 Å². The number of hydrogen-bond acceptors (Lipinski definition) is 3. The van der Waals surface area contributed by atoms with Crippen molar-refractivity contribution in [1.29, 1.82) is 0 Å². The second-order valence-electron chi connectivity index (χ2n) is 2.08. The highest BCUT2D eigenvalue weighted by atomic mass is 16.4. The van der Waals surface area contributed by atoms with Gasteiger partial charge < -0.3 is 20.8 Å². The lowest BCUT2D eigenvalue weighted by Crippen LogP contribution is -2.47. The molecule has 0 heterocycles.